The SMILES string of the molecule is O=C1c2ccccc2C(=O)N1CC(O)COC1CCCCC1. The van der Waals surface area contributed by atoms with Gasteiger partial charge in [-0.15, -0.1) is 0 Å². The van der Waals surface area contributed by atoms with E-state index < -0.39 is 6.10 Å². The van der Waals surface area contributed by atoms with Crippen LogP contribution in [0.3, 0.4) is 0 Å². The summed E-state index contributed by atoms with van der Waals surface area (Å²) >= 11 is 0. The molecule has 5 heteroatoms. The largest absolute Gasteiger partial charge is 0.389 e. The van der Waals surface area contributed by atoms with Crippen molar-refractivity contribution in [3.63, 3.8) is 0 Å². The highest BCUT2D eigenvalue weighted by Gasteiger charge is 2.36. The maximum absolute atomic E-state index is 12.2. The minimum atomic E-state index is -0.843. The zero-order valence-electron chi connectivity index (χ0n) is 12.5. The van der Waals surface area contributed by atoms with Crippen LogP contribution in [0.1, 0.15) is 52.8 Å². The predicted octanol–water partition coefficient (Wildman–Crippen LogP) is 1.99. The van der Waals surface area contributed by atoms with Crippen molar-refractivity contribution in [3.8, 4) is 0 Å². The number of benzene rings is 1. The van der Waals surface area contributed by atoms with E-state index in [1.165, 1.54) is 19.3 Å². The van der Waals surface area contributed by atoms with E-state index in [1.54, 1.807) is 24.3 Å². The first kappa shape index (κ1) is 15.2. The normalized spacial score (nSPS) is 20.3. The molecule has 1 aliphatic carbocycles. The van der Waals surface area contributed by atoms with Crippen molar-refractivity contribution in [2.24, 2.45) is 0 Å². The number of carbonyl (C=O) groups is 2. The number of aliphatic hydroxyl groups is 1. The molecule has 0 radical (unpaired) electrons. The zero-order chi connectivity index (χ0) is 15.5. The molecule has 5 nitrogen and oxygen atoms in total. The lowest BCUT2D eigenvalue weighted by molar-refractivity contribution is -0.0295. The van der Waals surface area contributed by atoms with Crippen molar-refractivity contribution in [1.29, 1.82) is 0 Å². The molecule has 2 amide bonds. The number of β-amino-alcohol motifs (C(OH)–C–C–N with tert-alkyl or cyclic N) is 1. The van der Waals surface area contributed by atoms with Crippen LogP contribution in [-0.4, -0.2) is 47.2 Å². The van der Waals surface area contributed by atoms with Crippen molar-refractivity contribution < 1.29 is 19.4 Å². The molecule has 22 heavy (non-hydrogen) atoms. The van der Waals surface area contributed by atoms with Crippen LogP contribution < -0.4 is 0 Å². The molecule has 1 unspecified atom stereocenters. The Hall–Kier alpha value is -1.72. The molecule has 1 aromatic rings. The van der Waals surface area contributed by atoms with E-state index in [0.717, 1.165) is 17.7 Å². The van der Waals surface area contributed by atoms with Crippen molar-refractivity contribution in [1.82, 2.24) is 4.90 Å². The van der Waals surface area contributed by atoms with Gasteiger partial charge in [-0.1, -0.05) is 31.4 Å². The molecule has 2 aliphatic rings. The zero-order valence-corrected chi connectivity index (χ0v) is 12.5. The summed E-state index contributed by atoms with van der Waals surface area (Å²) in [6.45, 7) is 0.150. The van der Waals surface area contributed by atoms with Crippen molar-refractivity contribution in [3.05, 3.63) is 35.4 Å². The highest BCUT2D eigenvalue weighted by Crippen LogP contribution is 2.23. The van der Waals surface area contributed by atoms with Gasteiger partial charge >= 0.3 is 0 Å². The third kappa shape index (κ3) is 3.05. The maximum atomic E-state index is 12.2. The maximum Gasteiger partial charge on any atom is 0.261 e. The molecule has 0 spiro atoms. The summed E-state index contributed by atoms with van der Waals surface area (Å²) < 4.78 is 5.70. The first-order chi connectivity index (χ1) is 10.7. The summed E-state index contributed by atoms with van der Waals surface area (Å²) in [7, 11) is 0. The number of hydrogen-bond donors (Lipinski definition) is 1. The van der Waals surface area contributed by atoms with Crippen molar-refractivity contribution >= 4 is 11.8 Å². The quantitative estimate of drug-likeness (QED) is 0.845. The number of fused-ring (bicyclic) bond motifs is 1. The Morgan fingerprint density at radius 2 is 1.68 bits per heavy atom. The number of imide groups is 1. The van der Waals surface area contributed by atoms with Crippen LogP contribution in [0.15, 0.2) is 24.3 Å². The molecule has 3 rings (SSSR count). The topological polar surface area (TPSA) is 66.8 Å². The molecule has 0 saturated heterocycles. The number of nitrogens with zero attached hydrogens (tertiary/aromatic N) is 1. The van der Waals surface area contributed by atoms with Gasteiger partial charge in [-0.05, 0) is 25.0 Å². The third-order valence-electron chi connectivity index (χ3n) is 4.35. The molecule has 1 saturated carbocycles. The Balaban J connectivity index is 1.55. The Morgan fingerprint density at radius 1 is 1.09 bits per heavy atom. The average molecular weight is 303 g/mol. The van der Waals surface area contributed by atoms with Gasteiger partial charge in [0.15, 0.2) is 0 Å². The van der Waals surface area contributed by atoms with Gasteiger partial charge in [-0.25, -0.2) is 0 Å². The molecule has 1 aromatic carbocycles. The van der Waals surface area contributed by atoms with Gasteiger partial charge < -0.3 is 9.84 Å². The second-order valence-electron chi connectivity index (χ2n) is 6.01. The summed E-state index contributed by atoms with van der Waals surface area (Å²) in [4.78, 5) is 25.5. The minimum absolute atomic E-state index is 0.0148. The number of rotatable bonds is 5. The van der Waals surface area contributed by atoms with Crippen molar-refractivity contribution in [2.75, 3.05) is 13.2 Å². The van der Waals surface area contributed by atoms with E-state index in [4.69, 9.17) is 4.74 Å². The average Bonchev–Trinajstić information content (AvgIpc) is 2.79. The van der Waals surface area contributed by atoms with E-state index in [1.807, 2.05) is 0 Å². The van der Waals surface area contributed by atoms with Crippen LogP contribution in [0, 0.1) is 0 Å². The van der Waals surface area contributed by atoms with Gasteiger partial charge in [0.05, 0.1) is 36.5 Å². The fraction of sp³-hybridized carbons (Fsp3) is 0.529. The Labute approximate surface area is 129 Å². The molecule has 1 fully saturated rings. The second kappa shape index (κ2) is 6.58. The number of carbonyl (C=O) groups excluding carboxylic acids is 2. The van der Waals surface area contributed by atoms with Crippen LogP contribution in [0.4, 0.5) is 0 Å². The lowest BCUT2D eigenvalue weighted by Crippen LogP contribution is -2.39. The first-order valence-corrected chi connectivity index (χ1v) is 7.91. The molecule has 1 atom stereocenters. The monoisotopic (exact) mass is 303 g/mol. The van der Waals surface area contributed by atoms with Crippen molar-refractivity contribution in [2.45, 2.75) is 44.3 Å². The fourth-order valence-electron chi connectivity index (χ4n) is 3.15. The van der Waals surface area contributed by atoms with Crippen LogP contribution >= 0.6 is 0 Å². The lowest BCUT2D eigenvalue weighted by atomic mass is 9.98. The summed E-state index contributed by atoms with van der Waals surface area (Å²) in [5.41, 5.74) is 0.820. The van der Waals surface area contributed by atoms with Gasteiger partial charge in [0.2, 0.25) is 0 Å². The molecule has 0 bridgehead atoms. The number of hydrogen-bond acceptors (Lipinski definition) is 4. The van der Waals surface area contributed by atoms with Gasteiger partial charge in [0, 0.05) is 0 Å². The highest BCUT2D eigenvalue weighted by atomic mass is 16.5. The number of amides is 2. The van der Waals surface area contributed by atoms with Gasteiger partial charge in [-0.3, -0.25) is 14.5 Å². The molecule has 118 valence electrons. The van der Waals surface area contributed by atoms with Crippen LogP contribution in [0.2, 0.25) is 0 Å². The number of ether oxygens (including phenoxy) is 1. The summed E-state index contributed by atoms with van der Waals surface area (Å²) in [5.74, 6) is -0.672. The first-order valence-electron chi connectivity index (χ1n) is 7.91. The van der Waals surface area contributed by atoms with E-state index >= 15 is 0 Å². The lowest BCUT2D eigenvalue weighted by Gasteiger charge is -2.24. The van der Waals surface area contributed by atoms with Gasteiger partial charge in [0.25, 0.3) is 11.8 Å². The van der Waals surface area contributed by atoms with Gasteiger partial charge in [0.1, 0.15) is 0 Å². The molecule has 1 aliphatic heterocycles. The molecule has 0 aromatic heterocycles. The second-order valence-corrected chi connectivity index (χ2v) is 6.01. The standard InChI is InChI=1S/C17H21NO4/c19-12(11-22-13-6-2-1-3-7-13)10-18-16(20)14-8-4-5-9-15(14)17(18)21/h4-5,8-9,12-13,19H,1-3,6-7,10-11H2. The summed E-state index contributed by atoms with van der Waals surface area (Å²) in [5, 5.41) is 10.1. The van der Waals surface area contributed by atoms with Gasteiger partial charge in [-0.2, -0.15) is 0 Å². The van der Waals surface area contributed by atoms with Crippen LogP contribution in [0.5, 0.6) is 0 Å². The van der Waals surface area contributed by atoms with E-state index in [-0.39, 0.29) is 31.1 Å². The predicted molar refractivity (Wildman–Crippen MR) is 80.6 cm³/mol. The third-order valence-corrected chi connectivity index (χ3v) is 4.35. The molecule has 1 N–H and O–H groups in total. The summed E-state index contributed by atoms with van der Waals surface area (Å²) in [6, 6.07) is 6.74. The van der Waals surface area contributed by atoms with E-state index in [2.05, 4.69) is 0 Å². The molecular weight excluding hydrogens is 282 g/mol. The fourth-order valence-corrected chi connectivity index (χ4v) is 3.15. The highest BCUT2D eigenvalue weighted by molar-refractivity contribution is 6.21. The Bertz CT molecular complexity index is 531. The minimum Gasteiger partial charge on any atom is -0.389 e. The van der Waals surface area contributed by atoms with E-state index in [0.29, 0.717) is 11.1 Å². The number of aliphatic hydroxyl groups excluding tert-OH is 1. The molecular formula is C17H21NO4. The smallest absolute Gasteiger partial charge is 0.261 e. The Kier molecular flexibility index (Phi) is 4.55. The Morgan fingerprint density at radius 3 is 2.27 bits per heavy atom. The van der Waals surface area contributed by atoms with Crippen LogP contribution in [-0.2, 0) is 4.74 Å². The van der Waals surface area contributed by atoms with Crippen LogP contribution in [0.25, 0.3) is 0 Å². The summed E-state index contributed by atoms with van der Waals surface area (Å²) in [6.07, 6.45) is 4.99. The van der Waals surface area contributed by atoms with E-state index in [9.17, 15) is 14.7 Å². The molecule has 1 heterocycles.